The van der Waals surface area contributed by atoms with E-state index in [1.54, 1.807) is 0 Å². The number of hydrogen-bond acceptors (Lipinski definition) is 4. The Morgan fingerprint density at radius 1 is 1.24 bits per heavy atom. The molecule has 5 nitrogen and oxygen atoms in total. The van der Waals surface area contributed by atoms with Crippen molar-refractivity contribution in [2.75, 3.05) is 39.8 Å². The molecule has 2 heterocycles. The van der Waals surface area contributed by atoms with Gasteiger partial charge in [0.05, 0.1) is 0 Å². The van der Waals surface area contributed by atoms with E-state index in [1.165, 1.54) is 12.0 Å². The Balaban J connectivity index is 1.33. The first kappa shape index (κ1) is 16.9. The van der Waals surface area contributed by atoms with Crippen LogP contribution in [0.25, 0.3) is 0 Å². The maximum absolute atomic E-state index is 12.4. The molecule has 1 atom stereocenters. The van der Waals surface area contributed by atoms with Crippen molar-refractivity contribution < 1.29 is 9.53 Å². The molecule has 4 rings (SSSR count). The Kier molecular flexibility index (Phi) is 4.69. The van der Waals surface area contributed by atoms with E-state index in [9.17, 15) is 4.79 Å². The zero-order valence-electron chi connectivity index (χ0n) is 15.2. The van der Waals surface area contributed by atoms with Crippen LogP contribution in [0.15, 0.2) is 24.3 Å². The molecular formula is C20H29N3O2. The molecule has 136 valence electrons. The van der Waals surface area contributed by atoms with Gasteiger partial charge in [-0.25, -0.2) is 0 Å². The average molecular weight is 343 g/mol. The van der Waals surface area contributed by atoms with Crippen LogP contribution in [0.4, 0.5) is 0 Å². The van der Waals surface area contributed by atoms with Crippen LogP contribution in [-0.4, -0.2) is 61.1 Å². The van der Waals surface area contributed by atoms with Crippen LogP contribution in [0.3, 0.4) is 0 Å². The first-order valence-electron chi connectivity index (χ1n) is 9.63. The number of para-hydroxylation sites is 1. The Bertz CT molecular complexity index is 621. The normalized spacial score (nSPS) is 25.2. The fourth-order valence-electron chi connectivity index (χ4n) is 4.24. The molecule has 1 N–H and O–H groups in total. The summed E-state index contributed by atoms with van der Waals surface area (Å²) in [4.78, 5) is 16.7. The average Bonchev–Trinajstić information content (AvgIpc) is 2.60. The molecule has 1 aromatic rings. The van der Waals surface area contributed by atoms with Crippen LogP contribution in [0.2, 0.25) is 0 Å². The maximum Gasteiger partial charge on any atom is 0.223 e. The summed E-state index contributed by atoms with van der Waals surface area (Å²) in [7, 11) is 2.11. The van der Waals surface area contributed by atoms with Gasteiger partial charge in [-0.3, -0.25) is 4.79 Å². The van der Waals surface area contributed by atoms with Crippen LogP contribution in [0.1, 0.15) is 43.7 Å². The number of ether oxygens (including phenoxy) is 1. The van der Waals surface area contributed by atoms with Gasteiger partial charge >= 0.3 is 0 Å². The predicted molar refractivity (Wildman–Crippen MR) is 97.7 cm³/mol. The minimum Gasteiger partial charge on any atom is -0.487 e. The first-order valence-corrected chi connectivity index (χ1v) is 9.63. The highest BCUT2D eigenvalue weighted by Gasteiger charge is 2.45. The fourth-order valence-corrected chi connectivity index (χ4v) is 4.24. The third-order valence-electron chi connectivity index (χ3n) is 6.05. The molecule has 1 saturated carbocycles. The van der Waals surface area contributed by atoms with E-state index in [0.29, 0.717) is 12.5 Å². The van der Waals surface area contributed by atoms with Gasteiger partial charge in [0, 0.05) is 57.2 Å². The lowest BCUT2D eigenvalue weighted by Gasteiger charge is -2.48. The second kappa shape index (κ2) is 6.96. The summed E-state index contributed by atoms with van der Waals surface area (Å²) in [5, 5.41) is 3.64. The Labute approximate surface area is 150 Å². The summed E-state index contributed by atoms with van der Waals surface area (Å²) in [6, 6.07) is 8.65. The third-order valence-corrected chi connectivity index (χ3v) is 6.05. The number of carbonyl (C=O) groups excluding carboxylic acids is 1. The second-order valence-corrected chi connectivity index (χ2v) is 7.82. The largest absolute Gasteiger partial charge is 0.487 e. The van der Waals surface area contributed by atoms with Crippen molar-refractivity contribution in [2.45, 2.75) is 43.7 Å². The lowest BCUT2D eigenvalue weighted by molar-refractivity contribution is -0.132. The monoisotopic (exact) mass is 343 g/mol. The molecule has 1 aliphatic carbocycles. The molecule has 0 aromatic heterocycles. The number of nitrogens with one attached hydrogen (secondary N) is 1. The van der Waals surface area contributed by atoms with Gasteiger partial charge in [0.1, 0.15) is 11.4 Å². The summed E-state index contributed by atoms with van der Waals surface area (Å²) in [5.74, 6) is 1.30. The topological polar surface area (TPSA) is 44.8 Å². The second-order valence-electron chi connectivity index (χ2n) is 7.82. The SMILES string of the molecule is CN1CCN(C(=O)CCNC2CC3(CCC3)Oc3ccccc32)CC1. The Morgan fingerprint density at radius 2 is 2.00 bits per heavy atom. The van der Waals surface area contributed by atoms with Crippen LogP contribution < -0.4 is 10.1 Å². The van der Waals surface area contributed by atoms with Crippen molar-refractivity contribution in [3.8, 4) is 5.75 Å². The molecule has 1 spiro atoms. The van der Waals surface area contributed by atoms with Gasteiger partial charge < -0.3 is 19.9 Å². The molecule has 2 fully saturated rings. The number of fused-ring (bicyclic) bond motifs is 1. The van der Waals surface area contributed by atoms with E-state index in [-0.39, 0.29) is 11.5 Å². The van der Waals surface area contributed by atoms with Crippen LogP contribution in [0.5, 0.6) is 5.75 Å². The van der Waals surface area contributed by atoms with E-state index in [2.05, 4.69) is 35.5 Å². The van der Waals surface area contributed by atoms with E-state index < -0.39 is 0 Å². The van der Waals surface area contributed by atoms with Crippen LogP contribution >= 0.6 is 0 Å². The van der Waals surface area contributed by atoms with Crippen molar-refractivity contribution in [2.24, 2.45) is 0 Å². The van der Waals surface area contributed by atoms with Gasteiger partial charge in [-0.2, -0.15) is 0 Å². The van der Waals surface area contributed by atoms with Gasteiger partial charge in [-0.15, -0.1) is 0 Å². The standard InChI is InChI=1S/C20H29N3O2/c1-22-11-13-23(14-12-22)19(24)7-10-21-17-15-20(8-4-9-20)25-18-6-3-2-5-16(17)18/h2-3,5-6,17,21H,4,7-15H2,1H3. The summed E-state index contributed by atoms with van der Waals surface area (Å²) in [5.41, 5.74) is 1.28. The Hall–Kier alpha value is -1.59. The number of rotatable bonds is 4. The van der Waals surface area contributed by atoms with Gasteiger partial charge in [-0.05, 0) is 32.4 Å². The van der Waals surface area contributed by atoms with Gasteiger partial charge in [0.15, 0.2) is 0 Å². The highest BCUT2D eigenvalue weighted by Crippen LogP contribution is 2.48. The Morgan fingerprint density at radius 3 is 2.72 bits per heavy atom. The molecule has 0 radical (unpaired) electrons. The van der Waals surface area contributed by atoms with Gasteiger partial charge in [0.2, 0.25) is 5.91 Å². The predicted octanol–water partition coefficient (Wildman–Crippen LogP) is 2.19. The van der Waals surface area contributed by atoms with E-state index >= 15 is 0 Å². The number of benzene rings is 1. The van der Waals surface area contributed by atoms with Crippen molar-refractivity contribution in [1.29, 1.82) is 0 Å². The molecule has 1 amide bonds. The number of carbonyl (C=O) groups is 1. The molecule has 25 heavy (non-hydrogen) atoms. The van der Waals surface area contributed by atoms with Gasteiger partial charge in [0.25, 0.3) is 0 Å². The minimum atomic E-state index is 0.0352. The quantitative estimate of drug-likeness (QED) is 0.910. The zero-order valence-corrected chi connectivity index (χ0v) is 15.2. The summed E-state index contributed by atoms with van der Waals surface area (Å²) < 4.78 is 6.30. The van der Waals surface area contributed by atoms with E-state index in [0.717, 1.165) is 57.7 Å². The van der Waals surface area contributed by atoms with Crippen molar-refractivity contribution >= 4 is 5.91 Å². The van der Waals surface area contributed by atoms with Crippen LogP contribution in [-0.2, 0) is 4.79 Å². The number of amides is 1. The first-order chi connectivity index (χ1) is 12.2. The smallest absolute Gasteiger partial charge is 0.223 e. The number of piperazine rings is 1. The zero-order chi connectivity index (χ0) is 17.3. The number of hydrogen-bond donors (Lipinski definition) is 1. The fraction of sp³-hybridized carbons (Fsp3) is 0.650. The highest BCUT2D eigenvalue weighted by atomic mass is 16.5. The van der Waals surface area contributed by atoms with Crippen molar-refractivity contribution in [3.63, 3.8) is 0 Å². The highest BCUT2D eigenvalue weighted by molar-refractivity contribution is 5.76. The molecule has 1 saturated heterocycles. The molecule has 5 heteroatoms. The summed E-state index contributed by atoms with van der Waals surface area (Å²) in [6.45, 7) is 4.42. The molecule has 0 bridgehead atoms. The van der Waals surface area contributed by atoms with Gasteiger partial charge in [-0.1, -0.05) is 18.2 Å². The maximum atomic E-state index is 12.4. The molecular weight excluding hydrogens is 314 g/mol. The lowest BCUT2D eigenvalue weighted by Crippen LogP contribution is -2.50. The number of likely N-dealkylation sites (N-methyl/N-ethyl adjacent to an activating group) is 1. The minimum absolute atomic E-state index is 0.0352. The van der Waals surface area contributed by atoms with E-state index in [4.69, 9.17) is 4.74 Å². The van der Waals surface area contributed by atoms with Crippen molar-refractivity contribution in [3.05, 3.63) is 29.8 Å². The summed E-state index contributed by atoms with van der Waals surface area (Å²) >= 11 is 0. The van der Waals surface area contributed by atoms with E-state index in [1.807, 2.05) is 11.0 Å². The molecule has 2 aliphatic heterocycles. The number of nitrogens with zero attached hydrogens (tertiary/aromatic N) is 2. The lowest BCUT2D eigenvalue weighted by atomic mass is 9.73. The molecule has 1 aromatic carbocycles. The molecule has 3 aliphatic rings. The molecule has 1 unspecified atom stereocenters. The van der Waals surface area contributed by atoms with Crippen LogP contribution in [0, 0.1) is 0 Å². The summed E-state index contributed by atoms with van der Waals surface area (Å²) in [6.07, 6.45) is 5.17. The third kappa shape index (κ3) is 3.53. The van der Waals surface area contributed by atoms with Crippen molar-refractivity contribution in [1.82, 2.24) is 15.1 Å².